The van der Waals surface area contributed by atoms with Crippen molar-refractivity contribution in [2.75, 3.05) is 11.9 Å². The number of carbonyl (C=O) groups excluding carboxylic acids is 2. The zero-order valence-corrected chi connectivity index (χ0v) is 13.9. The van der Waals surface area contributed by atoms with Gasteiger partial charge >= 0.3 is 12.1 Å². The summed E-state index contributed by atoms with van der Waals surface area (Å²) in [5, 5.41) is 13.1. The molecule has 0 fully saturated rings. The number of nitro benzene ring substituents is 1. The predicted molar refractivity (Wildman–Crippen MR) is 88.2 cm³/mol. The molecule has 2 aromatic rings. The van der Waals surface area contributed by atoms with Gasteiger partial charge in [-0.2, -0.15) is 13.2 Å². The van der Waals surface area contributed by atoms with Gasteiger partial charge in [-0.25, -0.2) is 4.79 Å². The summed E-state index contributed by atoms with van der Waals surface area (Å²) in [6, 6.07) is 7.44. The first-order chi connectivity index (χ1) is 12.6. The largest absolute Gasteiger partial charge is 0.452 e. The first-order valence-corrected chi connectivity index (χ1v) is 7.47. The molecule has 0 radical (unpaired) electrons. The van der Waals surface area contributed by atoms with Crippen LogP contribution in [0.15, 0.2) is 42.5 Å². The predicted octanol–water partition coefficient (Wildman–Crippen LogP) is 3.72. The number of aryl methyl sites for hydroxylation is 1. The fourth-order valence-corrected chi connectivity index (χ4v) is 2.09. The van der Waals surface area contributed by atoms with Gasteiger partial charge in [0, 0.05) is 17.3 Å². The molecule has 7 nitrogen and oxygen atoms in total. The molecule has 2 aromatic carbocycles. The number of nitrogens with zero attached hydrogens (tertiary/aromatic N) is 1. The van der Waals surface area contributed by atoms with Crippen LogP contribution >= 0.6 is 0 Å². The number of rotatable bonds is 5. The molecule has 0 spiro atoms. The van der Waals surface area contributed by atoms with Crippen LogP contribution in [0, 0.1) is 17.0 Å². The van der Waals surface area contributed by atoms with Crippen LogP contribution in [0.5, 0.6) is 0 Å². The lowest BCUT2D eigenvalue weighted by Crippen LogP contribution is -2.21. The maximum atomic E-state index is 12.5. The summed E-state index contributed by atoms with van der Waals surface area (Å²) >= 11 is 0. The molecule has 2 rings (SSSR count). The van der Waals surface area contributed by atoms with E-state index in [1.807, 2.05) is 0 Å². The summed E-state index contributed by atoms with van der Waals surface area (Å²) in [5.74, 6) is -1.72. The van der Waals surface area contributed by atoms with Crippen LogP contribution in [0.3, 0.4) is 0 Å². The van der Waals surface area contributed by atoms with Crippen LogP contribution in [0.4, 0.5) is 24.5 Å². The van der Waals surface area contributed by atoms with Crippen molar-refractivity contribution in [3.8, 4) is 0 Å². The van der Waals surface area contributed by atoms with E-state index in [2.05, 4.69) is 5.32 Å². The van der Waals surface area contributed by atoms with Gasteiger partial charge in [0.25, 0.3) is 11.6 Å². The van der Waals surface area contributed by atoms with Gasteiger partial charge in [-0.15, -0.1) is 0 Å². The highest BCUT2D eigenvalue weighted by atomic mass is 19.4. The summed E-state index contributed by atoms with van der Waals surface area (Å²) in [6.45, 7) is 0.798. The molecule has 0 bridgehead atoms. The van der Waals surface area contributed by atoms with E-state index in [0.29, 0.717) is 5.56 Å². The van der Waals surface area contributed by atoms with Gasteiger partial charge in [0.15, 0.2) is 6.61 Å². The van der Waals surface area contributed by atoms with Crippen molar-refractivity contribution in [3.63, 3.8) is 0 Å². The number of hydrogen-bond acceptors (Lipinski definition) is 5. The molecule has 0 atom stereocenters. The third-order valence-electron chi connectivity index (χ3n) is 3.47. The highest BCUT2D eigenvalue weighted by molar-refractivity contribution is 5.95. The molecule has 0 aromatic heterocycles. The van der Waals surface area contributed by atoms with E-state index < -0.39 is 35.1 Å². The first kappa shape index (κ1) is 19.9. The Labute approximate surface area is 150 Å². The van der Waals surface area contributed by atoms with Crippen molar-refractivity contribution in [2.24, 2.45) is 0 Å². The second kappa shape index (κ2) is 7.85. The van der Waals surface area contributed by atoms with Gasteiger partial charge in [0.2, 0.25) is 0 Å². The van der Waals surface area contributed by atoms with Crippen LogP contribution < -0.4 is 5.32 Å². The van der Waals surface area contributed by atoms with E-state index in [0.717, 1.165) is 30.3 Å². The van der Waals surface area contributed by atoms with E-state index in [-0.39, 0.29) is 16.9 Å². The van der Waals surface area contributed by atoms with Crippen molar-refractivity contribution < 1.29 is 32.4 Å². The fourth-order valence-electron chi connectivity index (χ4n) is 2.09. The maximum absolute atomic E-state index is 12.5. The van der Waals surface area contributed by atoms with Crippen LogP contribution in [0.2, 0.25) is 0 Å². The highest BCUT2D eigenvalue weighted by Crippen LogP contribution is 2.29. The molecule has 0 saturated heterocycles. The Hall–Kier alpha value is -3.43. The Morgan fingerprint density at radius 1 is 1.15 bits per heavy atom. The standard InChI is InChI=1S/C17H13F3N2O5/c1-10-2-3-11(8-14(10)22(25)26)16(24)27-9-15(23)21-13-6-4-12(5-7-13)17(18,19)20/h2-8H,9H2,1H3,(H,21,23). The number of esters is 1. The molecule has 0 unspecified atom stereocenters. The van der Waals surface area contributed by atoms with E-state index in [4.69, 9.17) is 4.74 Å². The van der Waals surface area contributed by atoms with Gasteiger partial charge in [0.1, 0.15) is 0 Å². The van der Waals surface area contributed by atoms with Crippen LogP contribution in [-0.2, 0) is 15.7 Å². The van der Waals surface area contributed by atoms with Crippen molar-refractivity contribution in [3.05, 3.63) is 69.3 Å². The number of halogens is 3. The summed E-state index contributed by atoms with van der Waals surface area (Å²) in [7, 11) is 0. The lowest BCUT2D eigenvalue weighted by Gasteiger charge is -2.09. The van der Waals surface area contributed by atoms with Crippen molar-refractivity contribution in [1.29, 1.82) is 0 Å². The molecule has 0 heterocycles. The Morgan fingerprint density at radius 2 is 1.78 bits per heavy atom. The molecule has 1 N–H and O–H groups in total. The number of hydrogen-bond donors (Lipinski definition) is 1. The Balaban J connectivity index is 1.94. The smallest absolute Gasteiger partial charge is 0.416 e. The Bertz CT molecular complexity index is 879. The maximum Gasteiger partial charge on any atom is 0.416 e. The molecule has 0 aliphatic rings. The number of nitrogens with one attached hydrogen (secondary N) is 1. The van der Waals surface area contributed by atoms with E-state index in [1.54, 1.807) is 0 Å². The third-order valence-corrected chi connectivity index (χ3v) is 3.47. The zero-order chi connectivity index (χ0) is 20.2. The SMILES string of the molecule is Cc1ccc(C(=O)OCC(=O)Nc2ccc(C(F)(F)F)cc2)cc1[N+](=O)[O-]. The van der Waals surface area contributed by atoms with Crippen molar-refractivity contribution in [2.45, 2.75) is 13.1 Å². The van der Waals surface area contributed by atoms with Gasteiger partial charge in [0.05, 0.1) is 16.1 Å². The number of carbonyl (C=O) groups is 2. The molecule has 0 saturated carbocycles. The Morgan fingerprint density at radius 3 is 2.33 bits per heavy atom. The molecule has 1 amide bonds. The average molecular weight is 382 g/mol. The number of benzene rings is 2. The molecule has 10 heteroatoms. The minimum absolute atomic E-state index is 0.0926. The molecule has 0 aliphatic carbocycles. The number of amides is 1. The van der Waals surface area contributed by atoms with E-state index in [9.17, 15) is 32.9 Å². The molecule has 27 heavy (non-hydrogen) atoms. The second-order valence-corrected chi connectivity index (χ2v) is 5.46. The summed E-state index contributed by atoms with van der Waals surface area (Å²) in [6.07, 6.45) is -4.49. The number of nitro groups is 1. The molecular weight excluding hydrogens is 369 g/mol. The van der Waals surface area contributed by atoms with Crippen molar-refractivity contribution in [1.82, 2.24) is 0 Å². The number of anilines is 1. The van der Waals surface area contributed by atoms with Crippen LogP contribution in [0.25, 0.3) is 0 Å². The van der Waals surface area contributed by atoms with Crippen LogP contribution in [-0.4, -0.2) is 23.4 Å². The van der Waals surface area contributed by atoms with Gasteiger partial charge in [-0.3, -0.25) is 14.9 Å². The average Bonchev–Trinajstić information content (AvgIpc) is 2.59. The normalized spacial score (nSPS) is 11.0. The first-order valence-electron chi connectivity index (χ1n) is 7.47. The van der Waals surface area contributed by atoms with E-state index >= 15 is 0 Å². The number of alkyl halides is 3. The summed E-state index contributed by atoms with van der Waals surface area (Å²) in [5.41, 5.74) is -0.784. The topological polar surface area (TPSA) is 98.5 Å². The quantitative estimate of drug-likeness (QED) is 0.483. The molecule has 0 aliphatic heterocycles. The fraction of sp³-hybridized carbons (Fsp3) is 0.176. The second-order valence-electron chi connectivity index (χ2n) is 5.46. The number of ether oxygens (including phenoxy) is 1. The Kier molecular flexibility index (Phi) is 5.78. The third kappa shape index (κ3) is 5.27. The lowest BCUT2D eigenvalue weighted by molar-refractivity contribution is -0.385. The lowest BCUT2D eigenvalue weighted by atomic mass is 10.1. The molecular formula is C17H13F3N2O5. The highest BCUT2D eigenvalue weighted by Gasteiger charge is 2.30. The summed E-state index contributed by atoms with van der Waals surface area (Å²) < 4.78 is 42.2. The van der Waals surface area contributed by atoms with Gasteiger partial charge < -0.3 is 10.1 Å². The summed E-state index contributed by atoms with van der Waals surface area (Å²) in [4.78, 5) is 33.9. The van der Waals surface area contributed by atoms with Gasteiger partial charge in [-0.1, -0.05) is 6.07 Å². The zero-order valence-electron chi connectivity index (χ0n) is 13.9. The minimum atomic E-state index is -4.49. The van der Waals surface area contributed by atoms with Crippen molar-refractivity contribution >= 4 is 23.3 Å². The van der Waals surface area contributed by atoms with E-state index in [1.165, 1.54) is 19.1 Å². The van der Waals surface area contributed by atoms with Gasteiger partial charge in [-0.05, 0) is 37.3 Å². The monoisotopic (exact) mass is 382 g/mol. The minimum Gasteiger partial charge on any atom is -0.452 e. The molecule has 142 valence electrons. The van der Waals surface area contributed by atoms with Crippen LogP contribution in [0.1, 0.15) is 21.5 Å².